The molecule has 31 heavy (non-hydrogen) atoms. The fraction of sp³-hybridized carbons (Fsp3) is 0.192. The number of H-pyrrole nitrogens is 1. The van der Waals surface area contributed by atoms with E-state index in [2.05, 4.69) is 78.6 Å². The summed E-state index contributed by atoms with van der Waals surface area (Å²) in [6.45, 7) is 4.31. The van der Waals surface area contributed by atoms with E-state index in [4.69, 9.17) is 10.1 Å². The fourth-order valence-corrected chi connectivity index (χ4v) is 4.42. The summed E-state index contributed by atoms with van der Waals surface area (Å²) in [5.41, 5.74) is 4.88. The van der Waals surface area contributed by atoms with Gasteiger partial charge >= 0.3 is 0 Å². The predicted molar refractivity (Wildman–Crippen MR) is 121 cm³/mol. The van der Waals surface area contributed by atoms with Gasteiger partial charge in [-0.1, -0.05) is 80.6 Å². The largest absolute Gasteiger partial charge is 0.422 e. The molecule has 5 heteroatoms. The molecule has 2 N–H and O–H groups in total. The summed E-state index contributed by atoms with van der Waals surface area (Å²) >= 11 is 0. The first-order valence-electron chi connectivity index (χ1n) is 10.4. The number of nitriles is 1. The number of fused-ring (bicyclic) bond motifs is 2. The minimum Gasteiger partial charge on any atom is -0.422 e. The molecule has 0 spiro atoms. The lowest BCUT2D eigenvalue weighted by molar-refractivity contribution is 0.437. The molecule has 2 heterocycles. The molecule has 0 radical (unpaired) electrons. The van der Waals surface area contributed by atoms with Crippen molar-refractivity contribution in [3.63, 3.8) is 0 Å². The number of aromatic amines is 1. The van der Waals surface area contributed by atoms with Gasteiger partial charge in [0.2, 0.25) is 11.8 Å². The monoisotopic (exact) mass is 406 g/mol. The molecule has 152 valence electrons. The Labute approximate surface area is 180 Å². The Kier molecular flexibility index (Phi) is 4.56. The lowest BCUT2D eigenvalue weighted by Crippen LogP contribution is -2.30. The number of rotatable bonds is 3. The van der Waals surface area contributed by atoms with Crippen LogP contribution in [0.25, 0.3) is 22.0 Å². The topological polar surface area (TPSA) is 85.5 Å². The Morgan fingerprint density at radius 3 is 2.52 bits per heavy atom. The van der Waals surface area contributed by atoms with Crippen LogP contribution in [0.15, 0.2) is 66.7 Å². The van der Waals surface area contributed by atoms with E-state index in [1.165, 1.54) is 5.56 Å². The lowest BCUT2D eigenvalue weighted by Gasteiger charge is -2.28. The van der Waals surface area contributed by atoms with E-state index in [0.717, 1.165) is 33.2 Å². The van der Waals surface area contributed by atoms with Gasteiger partial charge in [0.25, 0.3) is 0 Å². The van der Waals surface area contributed by atoms with Crippen molar-refractivity contribution < 1.29 is 4.74 Å². The Bertz CT molecular complexity index is 1320. The van der Waals surface area contributed by atoms with E-state index in [-0.39, 0.29) is 11.8 Å². The number of nitrogens with zero attached hydrogens (tertiary/aromatic N) is 2. The average molecular weight is 406 g/mol. The Morgan fingerprint density at radius 2 is 1.77 bits per heavy atom. The van der Waals surface area contributed by atoms with E-state index in [1.807, 2.05) is 18.2 Å². The number of nitrogens with one attached hydrogen (secondary N) is 2. The molecule has 1 aliphatic heterocycles. The van der Waals surface area contributed by atoms with Gasteiger partial charge in [-0.15, -0.1) is 5.10 Å². The first-order chi connectivity index (χ1) is 15.1. The van der Waals surface area contributed by atoms with Gasteiger partial charge in [0.1, 0.15) is 5.92 Å². The maximum absolute atomic E-state index is 9.93. The summed E-state index contributed by atoms with van der Waals surface area (Å²) in [6.07, 6.45) is 0. The van der Waals surface area contributed by atoms with Gasteiger partial charge in [-0.2, -0.15) is 5.26 Å². The minimum absolute atomic E-state index is 0.0658. The molecule has 1 aromatic heterocycles. The third-order valence-electron chi connectivity index (χ3n) is 6.06. The van der Waals surface area contributed by atoms with Gasteiger partial charge in [0, 0.05) is 11.5 Å². The molecule has 0 bridgehead atoms. The standard InChI is InChI=1S/C26H22N4O/c1-15(2)16-10-12-18(13-11-16)22-21(14-27)25(28)31-26-23(22)24(29-30-26)20-9-5-7-17-6-3-4-8-19(17)20/h3-13,15,21-22,28H,1-2H3,(H,29,30). The number of hydrogen-bond acceptors (Lipinski definition) is 4. The molecule has 0 fully saturated rings. The molecular weight excluding hydrogens is 384 g/mol. The predicted octanol–water partition coefficient (Wildman–Crippen LogP) is 5.99. The van der Waals surface area contributed by atoms with Crippen molar-refractivity contribution in [3.8, 4) is 23.2 Å². The van der Waals surface area contributed by atoms with Crippen LogP contribution in [-0.2, 0) is 0 Å². The fourth-order valence-electron chi connectivity index (χ4n) is 4.42. The molecule has 3 aromatic carbocycles. The van der Waals surface area contributed by atoms with E-state index in [1.54, 1.807) is 0 Å². The second kappa shape index (κ2) is 7.41. The molecule has 0 amide bonds. The molecule has 5 nitrogen and oxygen atoms in total. The normalized spacial score (nSPS) is 17.9. The van der Waals surface area contributed by atoms with Crippen LogP contribution in [0.1, 0.15) is 42.4 Å². The number of ether oxygens (including phenoxy) is 1. The second-order valence-corrected chi connectivity index (χ2v) is 8.22. The molecule has 0 saturated carbocycles. The Morgan fingerprint density at radius 1 is 1.03 bits per heavy atom. The van der Waals surface area contributed by atoms with Crippen LogP contribution in [0.3, 0.4) is 0 Å². The van der Waals surface area contributed by atoms with Gasteiger partial charge in [-0.25, -0.2) is 0 Å². The van der Waals surface area contributed by atoms with Gasteiger partial charge in [-0.05, 0) is 27.8 Å². The van der Waals surface area contributed by atoms with Gasteiger partial charge in [0.15, 0.2) is 0 Å². The molecule has 2 atom stereocenters. The maximum Gasteiger partial charge on any atom is 0.244 e. The molecule has 0 aliphatic carbocycles. The van der Waals surface area contributed by atoms with E-state index in [9.17, 15) is 5.26 Å². The Balaban J connectivity index is 1.73. The highest BCUT2D eigenvalue weighted by molar-refractivity contribution is 5.97. The zero-order chi connectivity index (χ0) is 21.5. The minimum atomic E-state index is -0.719. The van der Waals surface area contributed by atoms with Gasteiger partial charge < -0.3 is 4.74 Å². The summed E-state index contributed by atoms with van der Waals surface area (Å²) < 4.78 is 5.68. The smallest absolute Gasteiger partial charge is 0.244 e. The van der Waals surface area contributed by atoms with Crippen LogP contribution in [0.4, 0.5) is 0 Å². The molecular formula is C26H22N4O. The number of aromatic nitrogens is 2. The SMILES string of the molecule is CC(C)c1ccc(C2c3c(n[nH]c3-c3cccc4ccccc34)OC(=N)C2C#N)cc1. The number of hydrogen-bond donors (Lipinski definition) is 2. The van der Waals surface area contributed by atoms with Crippen LogP contribution >= 0.6 is 0 Å². The second-order valence-electron chi connectivity index (χ2n) is 8.22. The highest BCUT2D eigenvalue weighted by Crippen LogP contribution is 2.46. The summed E-state index contributed by atoms with van der Waals surface area (Å²) in [5, 5.41) is 28.0. The van der Waals surface area contributed by atoms with Crippen LogP contribution in [0.2, 0.25) is 0 Å². The molecule has 5 rings (SSSR count). The molecule has 0 saturated heterocycles. The summed E-state index contributed by atoms with van der Waals surface area (Å²) in [4.78, 5) is 0. The zero-order valence-corrected chi connectivity index (χ0v) is 17.4. The third kappa shape index (κ3) is 3.08. The van der Waals surface area contributed by atoms with Gasteiger partial charge in [-0.3, -0.25) is 10.5 Å². The maximum atomic E-state index is 9.93. The van der Waals surface area contributed by atoms with Crippen molar-refractivity contribution in [2.45, 2.75) is 25.7 Å². The third-order valence-corrected chi connectivity index (χ3v) is 6.06. The van der Waals surface area contributed by atoms with E-state index >= 15 is 0 Å². The van der Waals surface area contributed by atoms with Crippen molar-refractivity contribution in [1.29, 1.82) is 10.7 Å². The van der Waals surface area contributed by atoms with Crippen LogP contribution in [0.5, 0.6) is 5.88 Å². The summed E-state index contributed by atoms with van der Waals surface area (Å²) in [7, 11) is 0. The van der Waals surface area contributed by atoms with Crippen molar-refractivity contribution in [2.75, 3.05) is 0 Å². The molecule has 1 aliphatic rings. The van der Waals surface area contributed by atoms with Gasteiger partial charge in [0.05, 0.1) is 17.3 Å². The van der Waals surface area contributed by atoms with Crippen LogP contribution in [-0.4, -0.2) is 16.1 Å². The van der Waals surface area contributed by atoms with Crippen molar-refractivity contribution in [2.24, 2.45) is 5.92 Å². The highest BCUT2D eigenvalue weighted by atomic mass is 16.5. The zero-order valence-electron chi connectivity index (χ0n) is 17.4. The quantitative estimate of drug-likeness (QED) is 0.438. The first-order valence-corrected chi connectivity index (χ1v) is 10.4. The lowest BCUT2D eigenvalue weighted by atomic mass is 9.78. The number of benzene rings is 3. The van der Waals surface area contributed by atoms with Crippen LogP contribution in [0, 0.1) is 22.7 Å². The van der Waals surface area contributed by atoms with E-state index in [0.29, 0.717) is 11.8 Å². The Hall–Kier alpha value is -3.91. The van der Waals surface area contributed by atoms with E-state index < -0.39 is 5.92 Å². The van der Waals surface area contributed by atoms with Crippen LogP contribution < -0.4 is 4.74 Å². The molecule has 4 aromatic rings. The summed E-state index contributed by atoms with van der Waals surface area (Å²) in [6, 6.07) is 25.0. The summed E-state index contributed by atoms with van der Waals surface area (Å²) in [5.74, 6) is -0.329. The first kappa shape index (κ1) is 19.1. The highest BCUT2D eigenvalue weighted by Gasteiger charge is 2.41. The van der Waals surface area contributed by atoms with Crippen molar-refractivity contribution in [1.82, 2.24) is 10.2 Å². The molecule has 2 unspecified atom stereocenters. The average Bonchev–Trinajstić information content (AvgIpc) is 3.20. The van der Waals surface area contributed by atoms with Crippen molar-refractivity contribution >= 4 is 16.7 Å². The van der Waals surface area contributed by atoms with Crippen molar-refractivity contribution in [3.05, 3.63) is 83.4 Å².